The molecule has 2 heterocycles. The minimum Gasteiger partial charge on any atom is -0.383 e. The maximum atomic E-state index is 14.2. The van der Waals surface area contributed by atoms with Crippen molar-refractivity contribution in [1.82, 2.24) is 14.7 Å². The van der Waals surface area contributed by atoms with Gasteiger partial charge in [0.05, 0.1) is 18.6 Å². The topological polar surface area (TPSA) is 53.1 Å². The Morgan fingerprint density at radius 2 is 1.50 bits per heavy atom. The molecule has 0 radical (unpaired) electrons. The van der Waals surface area contributed by atoms with Gasteiger partial charge < -0.3 is 14.5 Å². The summed E-state index contributed by atoms with van der Waals surface area (Å²) in [5.41, 5.74) is 3.69. The first kappa shape index (κ1) is 24.2. The SMILES string of the molecule is COCCN1C(=O)c2ccccc2[C@@H](C(=O)N2CCN(Cc3ccccc3)CC2)[C@H]1c1ccccc1. The van der Waals surface area contributed by atoms with E-state index in [1.54, 1.807) is 7.11 Å². The van der Waals surface area contributed by atoms with Crippen LogP contribution in [0.25, 0.3) is 0 Å². The van der Waals surface area contributed by atoms with Crippen LogP contribution in [0.3, 0.4) is 0 Å². The van der Waals surface area contributed by atoms with Crippen LogP contribution in [0, 0.1) is 0 Å². The van der Waals surface area contributed by atoms with Crippen molar-refractivity contribution in [3.8, 4) is 0 Å². The summed E-state index contributed by atoms with van der Waals surface area (Å²) >= 11 is 0. The lowest BCUT2D eigenvalue weighted by Crippen LogP contribution is -2.53. The van der Waals surface area contributed by atoms with Crippen LogP contribution in [-0.4, -0.2) is 73.0 Å². The quantitative estimate of drug-likeness (QED) is 0.511. The smallest absolute Gasteiger partial charge is 0.254 e. The van der Waals surface area contributed by atoms with Gasteiger partial charge in [-0.1, -0.05) is 78.9 Å². The first-order valence-corrected chi connectivity index (χ1v) is 12.7. The van der Waals surface area contributed by atoms with E-state index in [2.05, 4.69) is 29.2 Å². The van der Waals surface area contributed by atoms with E-state index in [4.69, 9.17) is 4.74 Å². The molecule has 1 saturated heterocycles. The molecule has 6 nitrogen and oxygen atoms in total. The Balaban J connectivity index is 1.43. The van der Waals surface area contributed by atoms with Gasteiger partial charge in [0.25, 0.3) is 5.91 Å². The maximum Gasteiger partial charge on any atom is 0.254 e. The molecule has 186 valence electrons. The lowest BCUT2D eigenvalue weighted by Gasteiger charge is -2.44. The Hall–Kier alpha value is -3.48. The summed E-state index contributed by atoms with van der Waals surface area (Å²) in [5, 5.41) is 0. The number of rotatable bonds is 7. The first-order valence-electron chi connectivity index (χ1n) is 12.7. The Kier molecular flexibility index (Phi) is 7.44. The third-order valence-electron chi connectivity index (χ3n) is 7.32. The van der Waals surface area contributed by atoms with Crippen molar-refractivity contribution in [2.45, 2.75) is 18.5 Å². The number of carbonyl (C=O) groups is 2. The predicted molar refractivity (Wildman–Crippen MR) is 140 cm³/mol. The Bertz CT molecular complexity index is 1180. The van der Waals surface area contributed by atoms with Gasteiger partial charge in [0.2, 0.25) is 5.91 Å². The molecule has 0 N–H and O–H groups in total. The van der Waals surface area contributed by atoms with E-state index in [9.17, 15) is 9.59 Å². The Labute approximate surface area is 213 Å². The third kappa shape index (κ3) is 4.92. The van der Waals surface area contributed by atoms with Crippen molar-refractivity contribution in [1.29, 1.82) is 0 Å². The molecule has 2 aliphatic heterocycles. The molecule has 3 aromatic carbocycles. The van der Waals surface area contributed by atoms with Crippen LogP contribution in [0.1, 0.15) is 39.0 Å². The number of hydrogen-bond acceptors (Lipinski definition) is 4. The number of fused-ring (bicyclic) bond motifs is 1. The second kappa shape index (κ2) is 11.1. The van der Waals surface area contributed by atoms with E-state index in [0.717, 1.165) is 30.8 Å². The molecule has 2 aliphatic rings. The second-order valence-electron chi connectivity index (χ2n) is 9.50. The Morgan fingerprint density at radius 3 is 2.19 bits per heavy atom. The summed E-state index contributed by atoms with van der Waals surface area (Å²) in [6, 6.07) is 27.6. The number of carbonyl (C=O) groups excluding carboxylic acids is 2. The molecule has 5 rings (SSSR count). The van der Waals surface area contributed by atoms with Crippen LogP contribution in [-0.2, 0) is 16.1 Å². The van der Waals surface area contributed by atoms with Gasteiger partial charge in [-0.05, 0) is 22.8 Å². The van der Waals surface area contributed by atoms with Crippen molar-refractivity contribution in [2.24, 2.45) is 0 Å². The second-order valence-corrected chi connectivity index (χ2v) is 9.50. The highest BCUT2D eigenvalue weighted by atomic mass is 16.5. The van der Waals surface area contributed by atoms with E-state index >= 15 is 0 Å². The van der Waals surface area contributed by atoms with E-state index in [1.165, 1.54) is 5.56 Å². The van der Waals surface area contributed by atoms with E-state index in [1.807, 2.05) is 70.5 Å². The summed E-state index contributed by atoms with van der Waals surface area (Å²) in [6.07, 6.45) is 0. The fourth-order valence-electron chi connectivity index (χ4n) is 5.48. The number of methoxy groups -OCH3 is 1. The molecular weight excluding hydrogens is 450 g/mol. The molecule has 0 bridgehead atoms. The van der Waals surface area contributed by atoms with Crippen molar-refractivity contribution >= 4 is 11.8 Å². The summed E-state index contributed by atoms with van der Waals surface area (Å²) < 4.78 is 5.34. The van der Waals surface area contributed by atoms with Gasteiger partial charge in [0, 0.05) is 51.9 Å². The lowest BCUT2D eigenvalue weighted by molar-refractivity contribution is -0.136. The molecule has 0 spiro atoms. The molecular formula is C30H33N3O3. The van der Waals surface area contributed by atoms with Crippen molar-refractivity contribution in [3.63, 3.8) is 0 Å². The molecule has 1 fully saturated rings. The summed E-state index contributed by atoms with van der Waals surface area (Å²) in [4.78, 5) is 34.1. The largest absolute Gasteiger partial charge is 0.383 e. The fourth-order valence-corrected chi connectivity index (χ4v) is 5.48. The molecule has 6 heteroatoms. The molecule has 0 aliphatic carbocycles. The van der Waals surface area contributed by atoms with Crippen molar-refractivity contribution in [3.05, 3.63) is 107 Å². The van der Waals surface area contributed by atoms with Crippen LogP contribution < -0.4 is 0 Å². The third-order valence-corrected chi connectivity index (χ3v) is 7.32. The highest BCUT2D eigenvalue weighted by Crippen LogP contribution is 2.43. The standard InChI is InChI=1S/C30H33N3O3/c1-36-21-20-33-28(24-12-6-3-7-13-24)27(25-14-8-9-15-26(25)29(33)34)30(35)32-18-16-31(17-19-32)22-23-10-4-2-5-11-23/h2-15,27-28H,16-22H2,1H3/t27-,28-/m1/s1. The normalized spacial score (nSPS) is 20.3. The van der Waals surface area contributed by atoms with Crippen LogP contribution in [0.4, 0.5) is 0 Å². The summed E-state index contributed by atoms with van der Waals surface area (Å²) in [7, 11) is 1.64. The number of amides is 2. The van der Waals surface area contributed by atoms with E-state index < -0.39 is 5.92 Å². The molecule has 0 saturated carbocycles. The van der Waals surface area contributed by atoms with Gasteiger partial charge in [0.15, 0.2) is 0 Å². The molecule has 3 aromatic rings. The van der Waals surface area contributed by atoms with Crippen LogP contribution in [0.2, 0.25) is 0 Å². The number of benzene rings is 3. The zero-order valence-electron chi connectivity index (χ0n) is 20.8. The zero-order chi connectivity index (χ0) is 24.9. The van der Waals surface area contributed by atoms with Gasteiger partial charge >= 0.3 is 0 Å². The van der Waals surface area contributed by atoms with Crippen LogP contribution in [0.5, 0.6) is 0 Å². The highest BCUT2D eigenvalue weighted by Gasteiger charge is 2.45. The van der Waals surface area contributed by atoms with Gasteiger partial charge in [0.1, 0.15) is 0 Å². The lowest BCUT2D eigenvalue weighted by atomic mass is 9.78. The van der Waals surface area contributed by atoms with Gasteiger partial charge in [-0.2, -0.15) is 0 Å². The van der Waals surface area contributed by atoms with E-state index in [0.29, 0.717) is 31.8 Å². The minimum absolute atomic E-state index is 0.0479. The van der Waals surface area contributed by atoms with Crippen molar-refractivity contribution in [2.75, 3.05) is 46.4 Å². The number of ether oxygens (including phenoxy) is 1. The van der Waals surface area contributed by atoms with Crippen molar-refractivity contribution < 1.29 is 14.3 Å². The zero-order valence-corrected chi connectivity index (χ0v) is 20.8. The van der Waals surface area contributed by atoms with Gasteiger partial charge in [-0.15, -0.1) is 0 Å². The summed E-state index contributed by atoms with van der Waals surface area (Å²) in [6.45, 7) is 4.75. The summed E-state index contributed by atoms with van der Waals surface area (Å²) in [5.74, 6) is -0.419. The molecule has 0 unspecified atom stereocenters. The first-order chi connectivity index (χ1) is 17.7. The molecule has 2 atom stereocenters. The monoisotopic (exact) mass is 483 g/mol. The van der Waals surface area contributed by atoms with Crippen LogP contribution >= 0.6 is 0 Å². The molecule has 0 aromatic heterocycles. The van der Waals surface area contributed by atoms with Gasteiger partial charge in [-0.3, -0.25) is 14.5 Å². The Morgan fingerprint density at radius 1 is 0.861 bits per heavy atom. The predicted octanol–water partition coefficient (Wildman–Crippen LogP) is 3.96. The van der Waals surface area contributed by atoms with E-state index in [-0.39, 0.29) is 17.9 Å². The molecule has 2 amide bonds. The highest BCUT2D eigenvalue weighted by molar-refractivity contribution is 6.01. The van der Waals surface area contributed by atoms with Crippen LogP contribution in [0.15, 0.2) is 84.9 Å². The molecule has 36 heavy (non-hydrogen) atoms. The number of nitrogens with zero attached hydrogens (tertiary/aromatic N) is 3. The fraction of sp³-hybridized carbons (Fsp3) is 0.333. The maximum absolute atomic E-state index is 14.2. The average molecular weight is 484 g/mol. The number of hydrogen-bond donors (Lipinski definition) is 0. The number of piperazine rings is 1. The van der Waals surface area contributed by atoms with Gasteiger partial charge in [-0.25, -0.2) is 0 Å². The minimum atomic E-state index is -0.459. The average Bonchev–Trinajstić information content (AvgIpc) is 2.93.